The third kappa shape index (κ3) is 4.00. The van der Waals surface area contributed by atoms with Gasteiger partial charge in [-0.15, -0.1) is 0 Å². The number of carbonyl (C=O) groups excluding carboxylic acids is 1. The predicted molar refractivity (Wildman–Crippen MR) is 105 cm³/mol. The Balaban J connectivity index is 1.54. The van der Waals surface area contributed by atoms with Gasteiger partial charge in [0.1, 0.15) is 5.69 Å². The smallest absolute Gasteiger partial charge is 0.318 e. The summed E-state index contributed by atoms with van der Waals surface area (Å²) in [7, 11) is 0. The zero-order valence-corrected chi connectivity index (χ0v) is 17.0. The number of nitrogens with zero attached hydrogens (tertiary/aromatic N) is 7. The standard InChI is InChI=1S/C19H19F3N8O/c1-4-29-12(3)13(7-24-29)9-28-10-14(8-23-28)26-18(31)15-6-17-25-11(2)5-16(19(20,21)22)30(17)27-15/h5-8,10H,4,9H2,1-3H3,(H,26,31). The summed E-state index contributed by atoms with van der Waals surface area (Å²) in [6, 6.07) is 2.10. The highest BCUT2D eigenvalue weighted by atomic mass is 19.4. The lowest BCUT2D eigenvalue weighted by atomic mass is 10.2. The van der Waals surface area contributed by atoms with E-state index in [-0.39, 0.29) is 17.0 Å². The molecule has 9 nitrogen and oxygen atoms in total. The fourth-order valence-electron chi connectivity index (χ4n) is 3.26. The van der Waals surface area contributed by atoms with Crippen LogP contribution in [0.3, 0.4) is 0 Å². The molecule has 31 heavy (non-hydrogen) atoms. The van der Waals surface area contributed by atoms with Crippen molar-refractivity contribution in [2.45, 2.75) is 40.0 Å². The average molecular weight is 432 g/mol. The van der Waals surface area contributed by atoms with Crippen LogP contribution in [0.25, 0.3) is 5.65 Å². The summed E-state index contributed by atoms with van der Waals surface area (Å²) in [6.07, 6.45) is 0.218. The molecular formula is C19H19F3N8O. The highest BCUT2D eigenvalue weighted by molar-refractivity contribution is 6.03. The molecular weight excluding hydrogens is 413 g/mol. The van der Waals surface area contributed by atoms with Gasteiger partial charge in [0.05, 0.1) is 24.6 Å². The summed E-state index contributed by atoms with van der Waals surface area (Å²) in [6.45, 7) is 6.64. The van der Waals surface area contributed by atoms with E-state index in [1.54, 1.807) is 17.1 Å². The number of amides is 1. The van der Waals surface area contributed by atoms with Crippen LogP contribution in [-0.4, -0.2) is 40.1 Å². The molecule has 12 heteroatoms. The van der Waals surface area contributed by atoms with Gasteiger partial charge in [-0.1, -0.05) is 0 Å². The monoisotopic (exact) mass is 432 g/mol. The fourth-order valence-corrected chi connectivity index (χ4v) is 3.26. The molecule has 0 aliphatic carbocycles. The third-order valence-corrected chi connectivity index (χ3v) is 4.81. The predicted octanol–water partition coefficient (Wildman–Crippen LogP) is 3.08. The molecule has 4 rings (SSSR count). The molecule has 0 bridgehead atoms. The summed E-state index contributed by atoms with van der Waals surface area (Å²) in [5.41, 5.74) is 1.34. The van der Waals surface area contributed by atoms with Gasteiger partial charge in [-0.2, -0.15) is 28.5 Å². The lowest BCUT2D eigenvalue weighted by Crippen LogP contribution is -2.15. The van der Waals surface area contributed by atoms with Gasteiger partial charge in [-0.05, 0) is 26.8 Å². The minimum absolute atomic E-state index is 0.0587. The highest BCUT2D eigenvalue weighted by Gasteiger charge is 2.35. The summed E-state index contributed by atoms with van der Waals surface area (Å²) in [4.78, 5) is 16.6. The fraction of sp³-hybridized carbons (Fsp3) is 0.316. The van der Waals surface area contributed by atoms with Crippen LogP contribution in [0.1, 0.15) is 40.1 Å². The molecule has 1 N–H and O–H groups in total. The zero-order chi connectivity index (χ0) is 22.3. The lowest BCUT2D eigenvalue weighted by Gasteiger charge is -2.09. The minimum Gasteiger partial charge on any atom is -0.318 e. The molecule has 4 aromatic heterocycles. The maximum Gasteiger partial charge on any atom is 0.433 e. The topological polar surface area (TPSA) is 94.9 Å². The van der Waals surface area contributed by atoms with Crippen molar-refractivity contribution in [1.82, 2.24) is 34.2 Å². The van der Waals surface area contributed by atoms with Crippen LogP contribution in [0.4, 0.5) is 18.9 Å². The number of nitrogens with one attached hydrogen (secondary N) is 1. The Bertz CT molecular complexity index is 1270. The van der Waals surface area contributed by atoms with Crippen LogP contribution >= 0.6 is 0 Å². The Morgan fingerprint density at radius 1 is 1.16 bits per heavy atom. The molecule has 4 aromatic rings. The number of fused-ring (bicyclic) bond motifs is 1. The average Bonchev–Trinajstić information content (AvgIpc) is 3.40. The van der Waals surface area contributed by atoms with Crippen LogP contribution < -0.4 is 5.32 Å². The van der Waals surface area contributed by atoms with Crippen LogP contribution in [-0.2, 0) is 19.3 Å². The molecule has 0 fully saturated rings. The largest absolute Gasteiger partial charge is 0.433 e. The van der Waals surface area contributed by atoms with E-state index in [0.29, 0.717) is 16.7 Å². The first-order valence-corrected chi connectivity index (χ1v) is 9.45. The van der Waals surface area contributed by atoms with E-state index in [4.69, 9.17) is 0 Å². The van der Waals surface area contributed by atoms with Crippen LogP contribution in [0.15, 0.2) is 30.7 Å². The van der Waals surface area contributed by atoms with Gasteiger partial charge in [0.15, 0.2) is 11.3 Å². The SMILES string of the molecule is CCn1ncc(Cn2cc(NC(=O)c3cc4nc(C)cc(C(F)(F)F)n4n3)cn2)c1C. The number of anilines is 1. The van der Waals surface area contributed by atoms with E-state index in [1.807, 2.05) is 18.5 Å². The molecule has 0 aliphatic rings. The second-order valence-electron chi connectivity index (χ2n) is 7.03. The van der Waals surface area contributed by atoms with Gasteiger partial charge in [0.2, 0.25) is 0 Å². The van der Waals surface area contributed by atoms with E-state index in [2.05, 4.69) is 25.6 Å². The second kappa shape index (κ2) is 7.52. The van der Waals surface area contributed by atoms with Crippen LogP contribution in [0.2, 0.25) is 0 Å². The van der Waals surface area contributed by atoms with Crippen molar-refractivity contribution in [3.63, 3.8) is 0 Å². The molecule has 0 atom stereocenters. The normalized spacial score (nSPS) is 11.9. The Morgan fingerprint density at radius 3 is 2.61 bits per heavy atom. The number of hydrogen-bond donors (Lipinski definition) is 1. The van der Waals surface area contributed by atoms with Crippen LogP contribution in [0.5, 0.6) is 0 Å². The van der Waals surface area contributed by atoms with Gasteiger partial charge >= 0.3 is 6.18 Å². The van der Waals surface area contributed by atoms with Gasteiger partial charge in [0.25, 0.3) is 5.91 Å². The molecule has 0 spiro atoms. The maximum absolute atomic E-state index is 13.3. The maximum atomic E-state index is 13.3. The molecule has 0 saturated heterocycles. The van der Waals surface area contributed by atoms with Crippen molar-refractivity contribution in [3.05, 3.63) is 59.1 Å². The number of rotatable bonds is 5. The van der Waals surface area contributed by atoms with E-state index in [9.17, 15) is 18.0 Å². The van der Waals surface area contributed by atoms with Gasteiger partial charge in [0, 0.05) is 35.8 Å². The first-order valence-electron chi connectivity index (χ1n) is 9.45. The highest BCUT2D eigenvalue weighted by Crippen LogP contribution is 2.30. The molecule has 0 radical (unpaired) electrons. The number of aryl methyl sites for hydroxylation is 2. The molecule has 0 aliphatic heterocycles. The number of hydrogen-bond acceptors (Lipinski definition) is 5. The van der Waals surface area contributed by atoms with E-state index >= 15 is 0 Å². The Hall–Kier alpha value is -3.70. The van der Waals surface area contributed by atoms with Gasteiger partial charge in [-0.3, -0.25) is 14.2 Å². The molecule has 4 heterocycles. The number of aromatic nitrogens is 7. The Labute approximate surface area is 174 Å². The number of alkyl halides is 3. The van der Waals surface area contributed by atoms with E-state index < -0.39 is 17.8 Å². The number of halogens is 3. The second-order valence-corrected chi connectivity index (χ2v) is 7.03. The Morgan fingerprint density at radius 2 is 1.94 bits per heavy atom. The molecule has 0 saturated carbocycles. The van der Waals surface area contributed by atoms with Crippen molar-refractivity contribution in [2.75, 3.05) is 5.32 Å². The van der Waals surface area contributed by atoms with Crippen molar-refractivity contribution < 1.29 is 18.0 Å². The van der Waals surface area contributed by atoms with Crippen molar-refractivity contribution >= 4 is 17.2 Å². The molecule has 0 aromatic carbocycles. The van der Waals surface area contributed by atoms with Crippen molar-refractivity contribution in [1.29, 1.82) is 0 Å². The Kier molecular flexibility index (Phi) is 4.99. The van der Waals surface area contributed by atoms with Crippen molar-refractivity contribution in [2.24, 2.45) is 0 Å². The van der Waals surface area contributed by atoms with E-state index in [1.165, 1.54) is 19.2 Å². The lowest BCUT2D eigenvalue weighted by molar-refractivity contribution is -0.142. The van der Waals surface area contributed by atoms with Crippen LogP contribution in [0, 0.1) is 13.8 Å². The summed E-state index contributed by atoms with van der Waals surface area (Å²) in [5, 5.41) is 14.9. The summed E-state index contributed by atoms with van der Waals surface area (Å²) < 4.78 is 44.0. The van der Waals surface area contributed by atoms with Gasteiger partial charge in [-0.25, -0.2) is 9.50 Å². The first-order chi connectivity index (χ1) is 14.7. The van der Waals surface area contributed by atoms with E-state index in [0.717, 1.165) is 23.9 Å². The van der Waals surface area contributed by atoms with Gasteiger partial charge < -0.3 is 5.32 Å². The molecule has 162 valence electrons. The summed E-state index contributed by atoms with van der Waals surface area (Å²) in [5.74, 6) is -0.661. The summed E-state index contributed by atoms with van der Waals surface area (Å²) >= 11 is 0. The zero-order valence-electron chi connectivity index (χ0n) is 17.0. The molecule has 0 unspecified atom stereocenters. The number of carbonyl (C=O) groups is 1. The van der Waals surface area contributed by atoms with Crippen molar-refractivity contribution in [3.8, 4) is 0 Å². The quantitative estimate of drug-likeness (QED) is 0.523. The first kappa shape index (κ1) is 20.6. The minimum atomic E-state index is -4.63. The third-order valence-electron chi connectivity index (χ3n) is 4.81. The molecule has 1 amide bonds.